The van der Waals surface area contributed by atoms with Crippen LogP contribution in [0.1, 0.15) is 101 Å². The predicted molar refractivity (Wildman–Crippen MR) is 207 cm³/mol. The first kappa shape index (κ1) is 35.5. The number of aromatic nitrogens is 5. The summed E-state index contributed by atoms with van der Waals surface area (Å²) < 4.78 is 10.6. The molecule has 0 radical (unpaired) electrons. The molecule has 0 spiro atoms. The minimum absolute atomic E-state index is 0.0516. The van der Waals surface area contributed by atoms with Gasteiger partial charge in [0.2, 0.25) is 5.95 Å². The van der Waals surface area contributed by atoms with E-state index in [4.69, 9.17) is 9.84 Å². The standard InChI is InChI=1S/C41H53N9O2/c1-28-11-9-10-24-48(28)40-45-44-37-21-19-32(27-49(37)40)52-35-20-16-30(33-12-7-8-13-34(33)35)22-23-42-39(51)43-38-25-36(41(2,3)4)46-50(38)31-17-14-29(15-18-31)26-47(5)6/h7-8,12-15,17-19,21,25,27-28,30,35H,9-11,16,20,22-24,26H2,1-6H3,(H2,42,43,51)/t28-,30+,35+/m0/s1. The summed E-state index contributed by atoms with van der Waals surface area (Å²) >= 11 is 0. The Labute approximate surface area is 307 Å². The number of carbonyl (C=O) groups is 1. The molecule has 2 aliphatic rings. The van der Waals surface area contributed by atoms with E-state index < -0.39 is 0 Å². The molecular formula is C41H53N9O2. The van der Waals surface area contributed by atoms with Gasteiger partial charge in [0.05, 0.1) is 17.6 Å². The summed E-state index contributed by atoms with van der Waals surface area (Å²) in [5, 5.41) is 20.1. The van der Waals surface area contributed by atoms with Crippen molar-refractivity contribution in [2.45, 2.75) is 96.2 Å². The summed E-state index contributed by atoms with van der Waals surface area (Å²) in [6.45, 7) is 11.1. The first-order valence-electron chi connectivity index (χ1n) is 18.8. The molecule has 11 nitrogen and oxygen atoms in total. The first-order valence-corrected chi connectivity index (χ1v) is 18.8. The number of amides is 2. The van der Waals surface area contributed by atoms with E-state index in [1.54, 1.807) is 0 Å². The maximum absolute atomic E-state index is 13.3. The Morgan fingerprint density at radius 3 is 2.50 bits per heavy atom. The maximum atomic E-state index is 13.3. The molecule has 1 aliphatic heterocycles. The Bertz CT molecular complexity index is 1990. The van der Waals surface area contributed by atoms with Crippen molar-refractivity contribution in [1.82, 2.24) is 34.6 Å². The van der Waals surface area contributed by atoms with Gasteiger partial charge in [0, 0.05) is 37.2 Å². The number of fused-ring (bicyclic) bond motifs is 2. The Balaban J connectivity index is 0.996. The van der Waals surface area contributed by atoms with Crippen LogP contribution in [-0.2, 0) is 12.0 Å². The average molecular weight is 704 g/mol. The summed E-state index contributed by atoms with van der Waals surface area (Å²) in [6, 6.07) is 23.1. The molecule has 52 heavy (non-hydrogen) atoms. The van der Waals surface area contributed by atoms with Gasteiger partial charge in [-0.05, 0) is 106 Å². The van der Waals surface area contributed by atoms with Crippen LogP contribution in [0.4, 0.5) is 16.6 Å². The average Bonchev–Trinajstić information content (AvgIpc) is 3.74. The summed E-state index contributed by atoms with van der Waals surface area (Å²) in [5.41, 5.74) is 6.20. The molecule has 0 bridgehead atoms. The number of hydrogen-bond acceptors (Lipinski definition) is 7. The molecule has 2 N–H and O–H groups in total. The highest BCUT2D eigenvalue weighted by Gasteiger charge is 2.29. The van der Waals surface area contributed by atoms with Crippen molar-refractivity contribution in [3.05, 3.63) is 95.3 Å². The maximum Gasteiger partial charge on any atom is 0.320 e. The quantitative estimate of drug-likeness (QED) is 0.153. The zero-order valence-electron chi connectivity index (χ0n) is 31.5. The van der Waals surface area contributed by atoms with Gasteiger partial charge in [-0.25, -0.2) is 9.48 Å². The van der Waals surface area contributed by atoms with Crippen LogP contribution >= 0.6 is 0 Å². The lowest BCUT2D eigenvalue weighted by atomic mass is 9.79. The molecule has 3 aromatic heterocycles. The smallest absolute Gasteiger partial charge is 0.320 e. The lowest BCUT2D eigenvalue weighted by Gasteiger charge is -2.33. The summed E-state index contributed by atoms with van der Waals surface area (Å²) in [5.74, 6) is 2.67. The van der Waals surface area contributed by atoms with Crippen LogP contribution in [-0.4, -0.2) is 68.5 Å². The SMILES string of the molecule is C[C@H]1CCCCN1c1nnc2ccc(O[C@@H]3CC[C@H](CCNC(=O)Nc4cc(C(C)(C)C)nn4-c4ccc(CN(C)C)cc4)c4ccccc43)cn12. The number of anilines is 2. The number of carbonyl (C=O) groups excluding carboxylic acids is 1. The van der Waals surface area contributed by atoms with Crippen LogP contribution in [0.3, 0.4) is 0 Å². The summed E-state index contributed by atoms with van der Waals surface area (Å²) in [4.78, 5) is 17.8. The molecule has 3 atom stereocenters. The van der Waals surface area contributed by atoms with Gasteiger partial charge in [0.25, 0.3) is 0 Å². The van der Waals surface area contributed by atoms with E-state index >= 15 is 0 Å². The molecule has 274 valence electrons. The Hall–Kier alpha value is -4.90. The van der Waals surface area contributed by atoms with E-state index in [2.05, 4.69) is 125 Å². The number of pyridine rings is 1. The van der Waals surface area contributed by atoms with Crippen molar-refractivity contribution in [2.75, 3.05) is 37.4 Å². The van der Waals surface area contributed by atoms with Crippen molar-refractivity contribution < 1.29 is 9.53 Å². The van der Waals surface area contributed by atoms with Gasteiger partial charge in [0.15, 0.2) is 5.65 Å². The molecule has 7 rings (SSSR count). The van der Waals surface area contributed by atoms with Crippen molar-refractivity contribution >= 4 is 23.4 Å². The van der Waals surface area contributed by atoms with Gasteiger partial charge in [-0.15, -0.1) is 10.2 Å². The Morgan fingerprint density at radius 2 is 1.75 bits per heavy atom. The fraction of sp³-hybridized carbons (Fsp3) is 0.463. The minimum atomic E-state index is -0.237. The number of benzene rings is 2. The number of hydrogen-bond donors (Lipinski definition) is 2. The summed E-state index contributed by atoms with van der Waals surface area (Å²) in [6.07, 6.45) is 8.29. The minimum Gasteiger partial charge on any atom is -0.484 e. The third kappa shape index (κ3) is 7.79. The van der Waals surface area contributed by atoms with Crippen LogP contribution in [0.2, 0.25) is 0 Å². The van der Waals surface area contributed by atoms with Crippen LogP contribution in [0.15, 0.2) is 72.9 Å². The van der Waals surface area contributed by atoms with E-state index in [1.807, 2.05) is 29.1 Å². The molecule has 11 heteroatoms. The van der Waals surface area contributed by atoms with E-state index in [9.17, 15) is 4.79 Å². The molecule has 1 aliphatic carbocycles. The highest BCUT2D eigenvalue weighted by atomic mass is 16.5. The van der Waals surface area contributed by atoms with E-state index in [0.717, 1.165) is 61.1 Å². The van der Waals surface area contributed by atoms with E-state index in [1.165, 1.54) is 36.0 Å². The fourth-order valence-electron chi connectivity index (χ4n) is 7.61. The highest BCUT2D eigenvalue weighted by Crippen LogP contribution is 2.41. The molecule has 1 saturated heterocycles. The van der Waals surface area contributed by atoms with Crippen molar-refractivity contribution in [3.8, 4) is 11.4 Å². The van der Waals surface area contributed by atoms with Crippen LogP contribution in [0.5, 0.6) is 5.75 Å². The monoisotopic (exact) mass is 703 g/mol. The number of ether oxygens (including phenoxy) is 1. The van der Waals surface area contributed by atoms with Gasteiger partial charge < -0.3 is 19.9 Å². The van der Waals surface area contributed by atoms with Gasteiger partial charge in [0.1, 0.15) is 17.7 Å². The van der Waals surface area contributed by atoms with E-state index in [-0.39, 0.29) is 17.6 Å². The number of rotatable bonds is 10. The van der Waals surface area contributed by atoms with Gasteiger partial charge in [-0.2, -0.15) is 5.10 Å². The van der Waals surface area contributed by atoms with Crippen molar-refractivity contribution in [1.29, 1.82) is 0 Å². The number of nitrogens with zero attached hydrogens (tertiary/aromatic N) is 7. The zero-order valence-corrected chi connectivity index (χ0v) is 31.5. The van der Waals surface area contributed by atoms with E-state index in [0.29, 0.717) is 24.3 Å². The van der Waals surface area contributed by atoms with Crippen LogP contribution in [0.25, 0.3) is 11.3 Å². The second kappa shape index (κ2) is 15.0. The third-order valence-electron chi connectivity index (χ3n) is 10.4. The van der Waals surface area contributed by atoms with Crippen molar-refractivity contribution in [2.24, 2.45) is 0 Å². The molecule has 0 unspecified atom stereocenters. The topological polar surface area (TPSA) is 105 Å². The molecule has 1 fully saturated rings. The first-order chi connectivity index (χ1) is 25.0. The summed E-state index contributed by atoms with van der Waals surface area (Å²) in [7, 11) is 4.12. The number of urea groups is 1. The lowest BCUT2D eigenvalue weighted by molar-refractivity contribution is 0.174. The number of piperidine rings is 1. The molecule has 4 heterocycles. The lowest BCUT2D eigenvalue weighted by Crippen LogP contribution is -2.38. The van der Waals surface area contributed by atoms with Gasteiger partial charge in [-0.3, -0.25) is 9.72 Å². The molecule has 2 amide bonds. The second-order valence-corrected chi connectivity index (χ2v) is 15.8. The van der Waals surface area contributed by atoms with Crippen molar-refractivity contribution in [3.63, 3.8) is 0 Å². The third-order valence-corrected chi connectivity index (χ3v) is 10.4. The largest absolute Gasteiger partial charge is 0.484 e. The molecule has 5 aromatic rings. The second-order valence-electron chi connectivity index (χ2n) is 15.8. The van der Waals surface area contributed by atoms with Gasteiger partial charge >= 0.3 is 6.03 Å². The highest BCUT2D eigenvalue weighted by molar-refractivity contribution is 5.88. The van der Waals surface area contributed by atoms with Gasteiger partial charge in [-0.1, -0.05) is 57.2 Å². The normalized spacial score (nSPS) is 19.1. The molecule has 2 aromatic carbocycles. The van der Waals surface area contributed by atoms with Crippen LogP contribution in [0, 0.1) is 0 Å². The molecule has 0 saturated carbocycles. The fourth-order valence-corrected chi connectivity index (χ4v) is 7.61. The number of nitrogens with one attached hydrogen (secondary N) is 2. The Morgan fingerprint density at radius 1 is 0.962 bits per heavy atom. The zero-order chi connectivity index (χ0) is 36.4. The van der Waals surface area contributed by atoms with Crippen LogP contribution < -0.4 is 20.3 Å². The Kier molecular flexibility index (Phi) is 10.2. The predicted octanol–water partition coefficient (Wildman–Crippen LogP) is 7.86. The molecular weight excluding hydrogens is 651 g/mol.